The lowest BCUT2D eigenvalue weighted by atomic mass is 10.1. The molecule has 1 aliphatic rings. The summed E-state index contributed by atoms with van der Waals surface area (Å²) in [5.74, 6) is 0.0686. The number of carbonyl (C=O) groups excluding carboxylic acids is 1. The van der Waals surface area contributed by atoms with Crippen molar-refractivity contribution in [2.24, 2.45) is 11.7 Å². The van der Waals surface area contributed by atoms with Crippen molar-refractivity contribution in [1.29, 1.82) is 0 Å². The van der Waals surface area contributed by atoms with Crippen molar-refractivity contribution < 1.29 is 4.79 Å². The van der Waals surface area contributed by atoms with E-state index in [1.165, 1.54) is 4.88 Å². The SMILES string of the molecule is NC1C=CC(C(=O)NCCc2cccs2)C1. The highest BCUT2D eigenvalue weighted by molar-refractivity contribution is 7.09. The van der Waals surface area contributed by atoms with E-state index in [-0.39, 0.29) is 17.9 Å². The van der Waals surface area contributed by atoms with Crippen molar-refractivity contribution in [2.75, 3.05) is 6.54 Å². The van der Waals surface area contributed by atoms with Gasteiger partial charge in [-0.25, -0.2) is 0 Å². The van der Waals surface area contributed by atoms with Crippen LogP contribution >= 0.6 is 11.3 Å². The van der Waals surface area contributed by atoms with E-state index in [9.17, 15) is 4.79 Å². The summed E-state index contributed by atoms with van der Waals surface area (Å²) in [6.07, 6.45) is 5.46. The fraction of sp³-hybridized carbons (Fsp3) is 0.417. The van der Waals surface area contributed by atoms with Crippen LogP contribution < -0.4 is 11.1 Å². The largest absolute Gasteiger partial charge is 0.355 e. The van der Waals surface area contributed by atoms with Gasteiger partial charge in [-0.2, -0.15) is 0 Å². The number of nitrogens with one attached hydrogen (secondary N) is 1. The Balaban J connectivity index is 1.70. The third-order valence-corrected chi connectivity index (χ3v) is 3.64. The number of nitrogens with two attached hydrogens (primary N) is 1. The molecular weight excluding hydrogens is 220 g/mol. The molecular formula is C12H16N2OS. The van der Waals surface area contributed by atoms with Crippen LogP contribution in [0, 0.1) is 5.92 Å². The number of hydrogen-bond acceptors (Lipinski definition) is 3. The second kappa shape index (κ2) is 5.27. The Morgan fingerprint density at radius 3 is 3.06 bits per heavy atom. The monoisotopic (exact) mass is 236 g/mol. The first-order valence-corrected chi connectivity index (χ1v) is 6.37. The topological polar surface area (TPSA) is 55.1 Å². The summed E-state index contributed by atoms with van der Waals surface area (Å²) < 4.78 is 0. The van der Waals surface area contributed by atoms with Crippen molar-refractivity contribution >= 4 is 17.2 Å². The van der Waals surface area contributed by atoms with Gasteiger partial charge in [0.15, 0.2) is 0 Å². The Morgan fingerprint density at radius 1 is 1.56 bits per heavy atom. The summed E-state index contributed by atoms with van der Waals surface area (Å²) in [4.78, 5) is 13.0. The van der Waals surface area contributed by atoms with E-state index < -0.39 is 0 Å². The maximum atomic E-state index is 11.7. The Bertz CT molecular complexity index is 372. The third-order valence-electron chi connectivity index (χ3n) is 2.70. The van der Waals surface area contributed by atoms with Crippen LogP contribution in [0.3, 0.4) is 0 Å². The zero-order chi connectivity index (χ0) is 11.4. The molecule has 0 spiro atoms. The zero-order valence-electron chi connectivity index (χ0n) is 9.06. The fourth-order valence-corrected chi connectivity index (χ4v) is 2.53. The van der Waals surface area contributed by atoms with Gasteiger partial charge in [-0.15, -0.1) is 11.3 Å². The highest BCUT2D eigenvalue weighted by atomic mass is 32.1. The molecule has 0 radical (unpaired) electrons. The van der Waals surface area contributed by atoms with Gasteiger partial charge in [0, 0.05) is 17.5 Å². The number of amides is 1. The Morgan fingerprint density at radius 2 is 2.44 bits per heavy atom. The molecule has 4 heteroatoms. The van der Waals surface area contributed by atoms with E-state index in [0.29, 0.717) is 6.54 Å². The maximum Gasteiger partial charge on any atom is 0.227 e. The molecule has 86 valence electrons. The molecule has 2 rings (SSSR count). The first-order chi connectivity index (χ1) is 7.75. The van der Waals surface area contributed by atoms with Crippen LogP contribution in [-0.2, 0) is 11.2 Å². The van der Waals surface area contributed by atoms with Gasteiger partial charge in [-0.1, -0.05) is 18.2 Å². The molecule has 3 nitrogen and oxygen atoms in total. The standard InChI is InChI=1S/C12H16N2OS/c13-10-4-3-9(8-10)12(15)14-6-5-11-2-1-7-16-11/h1-4,7,9-10H,5-6,8,13H2,(H,14,15). The Hall–Kier alpha value is -1.13. The zero-order valence-corrected chi connectivity index (χ0v) is 9.87. The molecule has 0 aromatic carbocycles. The molecule has 1 heterocycles. The van der Waals surface area contributed by atoms with Gasteiger partial charge >= 0.3 is 0 Å². The first-order valence-electron chi connectivity index (χ1n) is 5.49. The van der Waals surface area contributed by atoms with E-state index in [1.807, 2.05) is 18.2 Å². The Labute approximate surface area is 99.3 Å². The minimum atomic E-state index is -0.0293. The molecule has 1 amide bonds. The van der Waals surface area contributed by atoms with Crippen LogP contribution in [0.15, 0.2) is 29.7 Å². The van der Waals surface area contributed by atoms with Crippen LogP contribution in [0.2, 0.25) is 0 Å². The van der Waals surface area contributed by atoms with E-state index in [2.05, 4.69) is 16.8 Å². The summed E-state index contributed by atoms with van der Waals surface area (Å²) in [5, 5.41) is 5.00. The first kappa shape index (κ1) is 11.4. The van der Waals surface area contributed by atoms with Crippen LogP contribution in [0.1, 0.15) is 11.3 Å². The molecule has 2 unspecified atom stereocenters. The van der Waals surface area contributed by atoms with Gasteiger partial charge in [0.25, 0.3) is 0 Å². The predicted octanol–water partition coefficient (Wildman–Crippen LogP) is 1.31. The molecule has 2 atom stereocenters. The van der Waals surface area contributed by atoms with Gasteiger partial charge in [0.2, 0.25) is 5.91 Å². The molecule has 0 saturated heterocycles. The fourth-order valence-electron chi connectivity index (χ4n) is 1.82. The van der Waals surface area contributed by atoms with Gasteiger partial charge < -0.3 is 11.1 Å². The van der Waals surface area contributed by atoms with Crippen molar-refractivity contribution in [2.45, 2.75) is 18.9 Å². The van der Waals surface area contributed by atoms with E-state index in [4.69, 9.17) is 5.73 Å². The predicted molar refractivity (Wildman–Crippen MR) is 66.3 cm³/mol. The number of carbonyl (C=O) groups is 1. The quantitative estimate of drug-likeness (QED) is 0.774. The van der Waals surface area contributed by atoms with Crippen LogP contribution in [-0.4, -0.2) is 18.5 Å². The molecule has 0 bridgehead atoms. The van der Waals surface area contributed by atoms with Gasteiger partial charge in [-0.05, 0) is 24.3 Å². The average molecular weight is 236 g/mol. The van der Waals surface area contributed by atoms with E-state index >= 15 is 0 Å². The summed E-state index contributed by atoms with van der Waals surface area (Å²) in [5.41, 5.74) is 5.70. The van der Waals surface area contributed by atoms with Crippen molar-refractivity contribution in [3.05, 3.63) is 34.5 Å². The molecule has 1 aromatic rings. The summed E-state index contributed by atoms with van der Waals surface area (Å²) in [6, 6.07) is 4.16. The van der Waals surface area contributed by atoms with Crippen LogP contribution in [0.5, 0.6) is 0 Å². The lowest BCUT2D eigenvalue weighted by molar-refractivity contribution is -0.123. The second-order valence-electron chi connectivity index (χ2n) is 4.01. The number of thiophene rings is 1. The number of rotatable bonds is 4. The van der Waals surface area contributed by atoms with Crippen LogP contribution in [0.4, 0.5) is 0 Å². The number of hydrogen-bond donors (Lipinski definition) is 2. The molecule has 3 N–H and O–H groups in total. The highest BCUT2D eigenvalue weighted by Crippen LogP contribution is 2.16. The molecule has 16 heavy (non-hydrogen) atoms. The summed E-state index contributed by atoms with van der Waals surface area (Å²) in [6.45, 7) is 0.707. The normalized spacial score (nSPS) is 23.6. The van der Waals surface area contributed by atoms with Crippen LogP contribution in [0.25, 0.3) is 0 Å². The molecule has 0 aliphatic heterocycles. The lowest BCUT2D eigenvalue weighted by Crippen LogP contribution is -2.32. The van der Waals surface area contributed by atoms with E-state index in [0.717, 1.165) is 12.8 Å². The lowest BCUT2D eigenvalue weighted by Gasteiger charge is -2.09. The van der Waals surface area contributed by atoms with Crippen molar-refractivity contribution in [3.63, 3.8) is 0 Å². The molecule has 0 fully saturated rings. The van der Waals surface area contributed by atoms with Gasteiger partial charge in [-0.3, -0.25) is 4.79 Å². The van der Waals surface area contributed by atoms with Crippen molar-refractivity contribution in [3.8, 4) is 0 Å². The van der Waals surface area contributed by atoms with Crippen molar-refractivity contribution in [1.82, 2.24) is 5.32 Å². The minimum Gasteiger partial charge on any atom is -0.355 e. The maximum absolute atomic E-state index is 11.7. The molecule has 0 saturated carbocycles. The summed E-state index contributed by atoms with van der Waals surface area (Å²) >= 11 is 1.72. The highest BCUT2D eigenvalue weighted by Gasteiger charge is 2.21. The Kier molecular flexibility index (Phi) is 3.74. The van der Waals surface area contributed by atoms with E-state index in [1.54, 1.807) is 11.3 Å². The van der Waals surface area contributed by atoms with Gasteiger partial charge in [0.1, 0.15) is 0 Å². The summed E-state index contributed by atoms with van der Waals surface area (Å²) in [7, 11) is 0. The minimum absolute atomic E-state index is 0.0293. The third kappa shape index (κ3) is 2.93. The molecule has 1 aromatic heterocycles. The average Bonchev–Trinajstić information content (AvgIpc) is 2.89. The second-order valence-corrected chi connectivity index (χ2v) is 5.04. The van der Waals surface area contributed by atoms with Gasteiger partial charge in [0.05, 0.1) is 5.92 Å². The molecule has 1 aliphatic carbocycles. The smallest absolute Gasteiger partial charge is 0.227 e.